The maximum absolute atomic E-state index is 13.0. The highest BCUT2D eigenvalue weighted by Crippen LogP contribution is 2.34. The predicted molar refractivity (Wildman–Crippen MR) is 124 cm³/mol. The van der Waals surface area contributed by atoms with Crippen molar-refractivity contribution in [3.8, 4) is 11.5 Å². The first-order valence-corrected chi connectivity index (χ1v) is 12.3. The van der Waals surface area contributed by atoms with Crippen LogP contribution in [0.5, 0.6) is 11.5 Å². The van der Waals surface area contributed by atoms with Gasteiger partial charge in [-0.15, -0.1) is 5.10 Å². The van der Waals surface area contributed by atoms with Gasteiger partial charge in [-0.1, -0.05) is 12.8 Å². The molecule has 0 amide bonds. The van der Waals surface area contributed by atoms with E-state index in [9.17, 15) is 4.79 Å². The van der Waals surface area contributed by atoms with E-state index < -0.39 is 0 Å². The van der Waals surface area contributed by atoms with Crippen LogP contribution < -0.4 is 15.0 Å². The summed E-state index contributed by atoms with van der Waals surface area (Å²) in [6.07, 6.45) is 6.95. The number of aromatic nitrogens is 5. The van der Waals surface area contributed by atoms with Gasteiger partial charge in [-0.3, -0.25) is 9.69 Å². The zero-order chi connectivity index (χ0) is 22.9. The van der Waals surface area contributed by atoms with E-state index >= 15 is 0 Å². The fraction of sp³-hybridized carbons (Fsp3) is 0.583. The summed E-state index contributed by atoms with van der Waals surface area (Å²) in [6.45, 7) is 3.67. The van der Waals surface area contributed by atoms with Gasteiger partial charge in [0.2, 0.25) is 0 Å². The van der Waals surface area contributed by atoms with Crippen LogP contribution in [0.1, 0.15) is 49.9 Å². The molecule has 34 heavy (non-hydrogen) atoms. The number of benzene rings is 1. The van der Waals surface area contributed by atoms with Crippen molar-refractivity contribution >= 4 is 10.9 Å². The Hall–Kier alpha value is -2.98. The normalized spacial score (nSPS) is 20.6. The minimum Gasteiger partial charge on any atom is -0.486 e. The maximum atomic E-state index is 13.0. The summed E-state index contributed by atoms with van der Waals surface area (Å²) < 4.78 is 19.1. The molecule has 10 nitrogen and oxygen atoms in total. The lowest BCUT2D eigenvalue weighted by atomic mass is 10.1. The van der Waals surface area contributed by atoms with Crippen LogP contribution in [-0.4, -0.2) is 62.1 Å². The van der Waals surface area contributed by atoms with Gasteiger partial charge in [-0.05, 0) is 48.2 Å². The fourth-order valence-corrected chi connectivity index (χ4v) is 5.35. The number of nitrogens with one attached hydrogen (secondary N) is 1. The third-order valence-corrected chi connectivity index (χ3v) is 7.15. The van der Waals surface area contributed by atoms with Crippen molar-refractivity contribution < 1.29 is 14.2 Å². The molecule has 1 aromatic carbocycles. The highest BCUT2D eigenvalue weighted by molar-refractivity contribution is 5.83. The Morgan fingerprint density at radius 1 is 1.00 bits per heavy atom. The summed E-state index contributed by atoms with van der Waals surface area (Å²) in [6, 6.07) is 6.18. The van der Waals surface area contributed by atoms with Gasteiger partial charge in [0.15, 0.2) is 17.3 Å². The van der Waals surface area contributed by atoms with E-state index in [0.29, 0.717) is 44.6 Å². The minimum atomic E-state index is -0.0777. The van der Waals surface area contributed by atoms with Gasteiger partial charge in [0.05, 0.1) is 24.7 Å². The monoisotopic (exact) mass is 466 g/mol. The van der Waals surface area contributed by atoms with E-state index in [4.69, 9.17) is 14.2 Å². The summed E-state index contributed by atoms with van der Waals surface area (Å²) in [5.74, 6) is 2.21. The Morgan fingerprint density at radius 3 is 2.62 bits per heavy atom. The average molecular weight is 467 g/mol. The fourth-order valence-electron chi connectivity index (χ4n) is 5.35. The molecule has 10 heteroatoms. The third-order valence-electron chi connectivity index (χ3n) is 7.15. The second-order valence-electron chi connectivity index (χ2n) is 9.46. The first-order valence-electron chi connectivity index (χ1n) is 12.3. The molecule has 1 saturated carbocycles. The molecule has 1 atom stereocenters. The van der Waals surface area contributed by atoms with Crippen molar-refractivity contribution in [2.45, 2.75) is 70.3 Å². The summed E-state index contributed by atoms with van der Waals surface area (Å²) in [4.78, 5) is 18.4. The Kier molecular flexibility index (Phi) is 5.92. The zero-order valence-electron chi connectivity index (χ0n) is 19.2. The first-order chi connectivity index (χ1) is 16.7. The lowest BCUT2D eigenvalue weighted by molar-refractivity contribution is 0.0906. The van der Waals surface area contributed by atoms with Crippen LogP contribution in [0.25, 0.3) is 10.9 Å². The average Bonchev–Trinajstić information content (AvgIpc) is 3.62. The van der Waals surface area contributed by atoms with E-state index in [2.05, 4.69) is 25.4 Å². The lowest BCUT2D eigenvalue weighted by Gasteiger charge is -2.28. The molecule has 1 aliphatic carbocycles. The summed E-state index contributed by atoms with van der Waals surface area (Å²) in [5.41, 5.74) is 1.41. The van der Waals surface area contributed by atoms with Gasteiger partial charge in [-0.2, -0.15) is 0 Å². The number of H-pyrrole nitrogens is 1. The van der Waals surface area contributed by atoms with Gasteiger partial charge in [-0.25, -0.2) is 4.68 Å². The number of nitrogens with zero attached hydrogens (tertiary/aromatic N) is 5. The molecule has 2 aliphatic heterocycles. The third kappa shape index (κ3) is 4.39. The van der Waals surface area contributed by atoms with E-state index in [1.807, 2.05) is 22.9 Å². The highest BCUT2D eigenvalue weighted by Gasteiger charge is 2.27. The van der Waals surface area contributed by atoms with Gasteiger partial charge >= 0.3 is 0 Å². The van der Waals surface area contributed by atoms with E-state index in [0.717, 1.165) is 60.3 Å². The van der Waals surface area contributed by atoms with Crippen LogP contribution in [0.3, 0.4) is 0 Å². The van der Waals surface area contributed by atoms with E-state index in [1.54, 1.807) is 0 Å². The molecule has 6 rings (SSSR count). The summed E-state index contributed by atoms with van der Waals surface area (Å²) in [5, 5.41) is 13.4. The predicted octanol–water partition coefficient (Wildman–Crippen LogP) is 2.41. The number of ether oxygens (including phenoxy) is 3. The lowest BCUT2D eigenvalue weighted by Crippen LogP contribution is -2.35. The molecule has 1 saturated heterocycles. The van der Waals surface area contributed by atoms with Crippen molar-refractivity contribution in [1.82, 2.24) is 30.1 Å². The molecule has 3 aromatic rings. The molecule has 180 valence electrons. The van der Waals surface area contributed by atoms with Gasteiger partial charge in [0.1, 0.15) is 13.2 Å². The SMILES string of the molecule is O=c1[nH]c2cc3c(cc2cc1CN(Cc1nnnn1C[C@@H]1CCCO1)C1CCCC1)OCCO3. The molecular formula is C24H30N6O4. The van der Waals surface area contributed by atoms with E-state index in [-0.39, 0.29) is 11.7 Å². The van der Waals surface area contributed by atoms with Crippen molar-refractivity contribution in [3.63, 3.8) is 0 Å². The Bertz CT molecular complexity index is 1210. The van der Waals surface area contributed by atoms with Crippen molar-refractivity contribution in [2.24, 2.45) is 0 Å². The van der Waals surface area contributed by atoms with Crippen molar-refractivity contribution in [3.05, 3.63) is 39.9 Å². The standard InChI is InChI=1S/C24H30N6O4/c31-24-17(10-16-11-21-22(12-20(16)25-24)34-9-8-33-21)13-29(18-4-1-2-5-18)15-23-26-27-28-30(23)14-19-6-3-7-32-19/h10-12,18-19H,1-9,13-15H2,(H,25,31)/t19-/m0/s1. The number of tetrazole rings is 1. The number of aromatic amines is 1. The molecule has 2 aromatic heterocycles. The van der Waals surface area contributed by atoms with Crippen LogP contribution in [-0.2, 0) is 24.4 Å². The zero-order valence-corrected chi connectivity index (χ0v) is 19.2. The highest BCUT2D eigenvalue weighted by atomic mass is 16.6. The quantitative estimate of drug-likeness (QED) is 0.566. The Balaban J connectivity index is 1.27. The molecule has 3 aliphatic rings. The second-order valence-corrected chi connectivity index (χ2v) is 9.46. The van der Waals surface area contributed by atoms with Crippen LogP contribution >= 0.6 is 0 Å². The number of pyridine rings is 1. The van der Waals surface area contributed by atoms with Gasteiger partial charge in [0, 0.05) is 36.2 Å². The molecular weight excluding hydrogens is 436 g/mol. The molecule has 2 fully saturated rings. The van der Waals surface area contributed by atoms with Gasteiger partial charge in [0.25, 0.3) is 5.56 Å². The maximum Gasteiger partial charge on any atom is 0.252 e. The number of rotatable bonds is 7. The number of hydrogen-bond acceptors (Lipinski definition) is 8. The molecule has 0 spiro atoms. The second kappa shape index (κ2) is 9.34. The first kappa shape index (κ1) is 21.5. The molecule has 0 bridgehead atoms. The number of fused-ring (bicyclic) bond motifs is 2. The molecule has 4 heterocycles. The van der Waals surface area contributed by atoms with Gasteiger partial charge < -0.3 is 19.2 Å². The molecule has 0 radical (unpaired) electrons. The topological polar surface area (TPSA) is 107 Å². The summed E-state index contributed by atoms with van der Waals surface area (Å²) in [7, 11) is 0. The largest absolute Gasteiger partial charge is 0.486 e. The van der Waals surface area contributed by atoms with Crippen LogP contribution in [0.4, 0.5) is 0 Å². The van der Waals surface area contributed by atoms with Crippen LogP contribution in [0.2, 0.25) is 0 Å². The Morgan fingerprint density at radius 2 is 1.82 bits per heavy atom. The van der Waals surface area contributed by atoms with Crippen LogP contribution in [0, 0.1) is 0 Å². The van der Waals surface area contributed by atoms with Crippen molar-refractivity contribution in [2.75, 3.05) is 19.8 Å². The van der Waals surface area contributed by atoms with E-state index in [1.165, 1.54) is 12.8 Å². The number of hydrogen-bond donors (Lipinski definition) is 1. The van der Waals surface area contributed by atoms with Crippen LogP contribution in [0.15, 0.2) is 23.0 Å². The summed E-state index contributed by atoms with van der Waals surface area (Å²) >= 11 is 0. The smallest absolute Gasteiger partial charge is 0.252 e. The minimum absolute atomic E-state index is 0.0777. The van der Waals surface area contributed by atoms with Crippen molar-refractivity contribution in [1.29, 1.82) is 0 Å². The Labute approximate surface area is 197 Å². The molecule has 1 N–H and O–H groups in total. The molecule has 0 unspecified atom stereocenters.